The molecule has 0 radical (unpaired) electrons. The Morgan fingerprint density at radius 1 is 1.64 bits per heavy atom. The second kappa shape index (κ2) is 3.52. The number of nitrogens with two attached hydrogens (primary N) is 1. The molecule has 11 heavy (non-hydrogen) atoms. The highest BCUT2D eigenvalue weighted by Gasteiger charge is 2.41. The fraction of sp³-hybridized carbons (Fsp3) is 1.00. The van der Waals surface area contributed by atoms with Gasteiger partial charge in [-0.15, -0.1) is 0 Å². The lowest BCUT2D eigenvalue weighted by atomic mass is 9.73. The highest BCUT2D eigenvalue weighted by molar-refractivity contribution is 4.88. The molecule has 0 saturated carbocycles. The molecular weight excluding hydrogens is 142 g/mol. The van der Waals surface area contributed by atoms with Crippen molar-refractivity contribution in [3.8, 4) is 0 Å². The average molecular weight is 159 g/mol. The van der Waals surface area contributed by atoms with Crippen molar-refractivity contribution in [2.75, 3.05) is 19.8 Å². The summed E-state index contributed by atoms with van der Waals surface area (Å²) in [7, 11) is 0. The van der Waals surface area contributed by atoms with Crippen molar-refractivity contribution in [2.45, 2.75) is 20.3 Å². The molecule has 1 rings (SSSR count). The Morgan fingerprint density at radius 3 is 2.55 bits per heavy atom. The van der Waals surface area contributed by atoms with Crippen molar-refractivity contribution in [3.63, 3.8) is 0 Å². The first-order valence-electron chi connectivity index (χ1n) is 4.14. The third-order valence-electron chi connectivity index (χ3n) is 2.87. The van der Waals surface area contributed by atoms with Crippen LogP contribution >= 0.6 is 0 Å². The summed E-state index contributed by atoms with van der Waals surface area (Å²) in [6, 6.07) is 0. The molecule has 1 aliphatic heterocycles. The summed E-state index contributed by atoms with van der Waals surface area (Å²) in [6.45, 7) is 6.73. The van der Waals surface area contributed by atoms with Crippen LogP contribution in [-0.2, 0) is 9.57 Å². The van der Waals surface area contributed by atoms with Crippen LogP contribution < -0.4 is 5.90 Å². The van der Waals surface area contributed by atoms with Crippen LogP contribution in [0.2, 0.25) is 0 Å². The molecule has 1 aliphatic rings. The van der Waals surface area contributed by atoms with Crippen molar-refractivity contribution in [2.24, 2.45) is 17.2 Å². The maximum atomic E-state index is 5.20. The second-order valence-electron chi connectivity index (χ2n) is 3.44. The van der Waals surface area contributed by atoms with Crippen LogP contribution in [0.25, 0.3) is 0 Å². The topological polar surface area (TPSA) is 44.5 Å². The zero-order valence-corrected chi connectivity index (χ0v) is 7.30. The summed E-state index contributed by atoms with van der Waals surface area (Å²) in [6.07, 6.45) is 1.15. The summed E-state index contributed by atoms with van der Waals surface area (Å²) in [5.41, 5.74) is 0.347. The van der Waals surface area contributed by atoms with E-state index in [1.54, 1.807) is 0 Å². The number of ether oxygens (including phenoxy) is 1. The molecule has 1 saturated heterocycles. The van der Waals surface area contributed by atoms with Gasteiger partial charge in [0.1, 0.15) is 0 Å². The maximum absolute atomic E-state index is 5.20. The SMILES string of the molecule is CCC1(C(C)CON)COC1. The predicted octanol–water partition coefficient (Wildman–Crippen LogP) is 0.939. The highest BCUT2D eigenvalue weighted by atomic mass is 16.6. The molecule has 0 aliphatic carbocycles. The second-order valence-corrected chi connectivity index (χ2v) is 3.44. The van der Waals surface area contributed by atoms with E-state index in [4.69, 9.17) is 10.6 Å². The highest BCUT2D eigenvalue weighted by Crippen LogP contribution is 2.38. The van der Waals surface area contributed by atoms with Crippen molar-refractivity contribution in [1.82, 2.24) is 0 Å². The quantitative estimate of drug-likeness (QED) is 0.621. The van der Waals surface area contributed by atoms with E-state index < -0.39 is 0 Å². The zero-order valence-electron chi connectivity index (χ0n) is 7.30. The standard InChI is InChI=1S/C8H17NO2/c1-3-8(5-10-6-8)7(2)4-11-9/h7H,3-6,9H2,1-2H3. The molecule has 1 unspecified atom stereocenters. The lowest BCUT2D eigenvalue weighted by Gasteiger charge is -2.45. The molecule has 1 heterocycles. The Balaban J connectivity index is 2.40. The van der Waals surface area contributed by atoms with Crippen LogP contribution in [0.5, 0.6) is 0 Å². The normalized spacial score (nSPS) is 24.3. The predicted molar refractivity (Wildman–Crippen MR) is 42.8 cm³/mol. The molecule has 2 N–H and O–H groups in total. The van der Waals surface area contributed by atoms with E-state index in [0.29, 0.717) is 17.9 Å². The molecule has 0 bridgehead atoms. The first kappa shape index (κ1) is 8.97. The third kappa shape index (κ3) is 1.55. The average Bonchev–Trinajstić information content (AvgIpc) is 1.87. The monoisotopic (exact) mass is 159 g/mol. The van der Waals surface area contributed by atoms with Gasteiger partial charge >= 0.3 is 0 Å². The van der Waals surface area contributed by atoms with Gasteiger partial charge in [-0.05, 0) is 12.3 Å². The molecule has 1 fully saturated rings. The fourth-order valence-corrected chi connectivity index (χ4v) is 1.52. The van der Waals surface area contributed by atoms with Crippen molar-refractivity contribution in [3.05, 3.63) is 0 Å². The van der Waals surface area contributed by atoms with Crippen molar-refractivity contribution < 1.29 is 9.57 Å². The largest absolute Gasteiger partial charge is 0.380 e. The minimum absolute atomic E-state index is 0.347. The summed E-state index contributed by atoms with van der Waals surface area (Å²) in [5.74, 6) is 5.52. The van der Waals surface area contributed by atoms with Gasteiger partial charge in [0.2, 0.25) is 0 Å². The van der Waals surface area contributed by atoms with Crippen LogP contribution in [-0.4, -0.2) is 19.8 Å². The van der Waals surface area contributed by atoms with Gasteiger partial charge in [0, 0.05) is 5.41 Å². The van der Waals surface area contributed by atoms with Crippen LogP contribution in [0.1, 0.15) is 20.3 Å². The summed E-state index contributed by atoms with van der Waals surface area (Å²) < 4.78 is 5.20. The van der Waals surface area contributed by atoms with Gasteiger partial charge in [-0.3, -0.25) is 0 Å². The van der Waals surface area contributed by atoms with E-state index >= 15 is 0 Å². The third-order valence-corrected chi connectivity index (χ3v) is 2.87. The molecule has 0 aromatic rings. The summed E-state index contributed by atoms with van der Waals surface area (Å²) in [4.78, 5) is 4.63. The Hall–Kier alpha value is -0.120. The van der Waals surface area contributed by atoms with E-state index in [-0.39, 0.29) is 0 Å². The lowest BCUT2D eigenvalue weighted by molar-refractivity contribution is -0.156. The van der Waals surface area contributed by atoms with Gasteiger partial charge in [0.15, 0.2) is 0 Å². The zero-order chi connectivity index (χ0) is 8.32. The number of hydrogen-bond donors (Lipinski definition) is 1. The first-order valence-corrected chi connectivity index (χ1v) is 4.14. The van der Waals surface area contributed by atoms with E-state index in [9.17, 15) is 0 Å². The molecule has 0 aromatic carbocycles. The van der Waals surface area contributed by atoms with Gasteiger partial charge < -0.3 is 9.57 Å². The fourth-order valence-electron chi connectivity index (χ4n) is 1.52. The van der Waals surface area contributed by atoms with Crippen molar-refractivity contribution in [1.29, 1.82) is 0 Å². The van der Waals surface area contributed by atoms with Crippen LogP contribution in [0, 0.1) is 11.3 Å². The molecule has 0 spiro atoms. The van der Waals surface area contributed by atoms with Gasteiger partial charge in [0.05, 0.1) is 19.8 Å². The molecule has 0 amide bonds. The van der Waals surface area contributed by atoms with Crippen LogP contribution in [0.15, 0.2) is 0 Å². The van der Waals surface area contributed by atoms with Gasteiger partial charge in [-0.2, -0.15) is 0 Å². The van der Waals surface area contributed by atoms with Gasteiger partial charge in [-0.25, -0.2) is 5.90 Å². The Morgan fingerprint density at radius 2 is 2.27 bits per heavy atom. The minimum Gasteiger partial charge on any atom is -0.380 e. The van der Waals surface area contributed by atoms with E-state index in [1.165, 1.54) is 0 Å². The Bertz CT molecular complexity index is 118. The summed E-state index contributed by atoms with van der Waals surface area (Å²) >= 11 is 0. The number of hydrogen-bond acceptors (Lipinski definition) is 3. The van der Waals surface area contributed by atoms with Gasteiger partial charge in [-0.1, -0.05) is 13.8 Å². The minimum atomic E-state index is 0.347. The molecular formula is C8H17NO2. The Kier molecular flexibility index (Phi) is 2.87. The first-order chi connectivity index (χ1) is 5.25. The van der Waals surface area contributed by atoms with Gasteiger partial charge in [0.25, 0.3) is 0 Å². The molecule has 3 heteroatoms. The maximum Gasteiger partial charge on any atom is 0.0711 e. The molecule has 0 aromatic heterocycles. The molecule has 3 nitrogen and oxygen atoms in total. The molecule has 1 atom stereocenters. The van der Waals surface area contributed by atoms with E-state index in [2.05, 4.69) is 18.7 Å². The van der Waals surface area contributed by atoms with Crippen LogP contribution in [0.3, 0.4) is 0 Å². The van der Waals surface area contributed by atoms with Crippen LogP contribution in [0.4, 0.5) is 0 Å². The summed E-state index contributed by atoms with van der Waals surface area (Å²) in [5, 5.41) is 0. The van der Waals surface area contributed by atoms with E-state index in [1.807, 2.05) is 0 Å². The smallest absolute Gasteiger partial charge is 0.0711 e. The van der Waals surface area contributed by atoms with E-state index in [0.717, 1.165) is 19.6 Å². The number of rotatable bonds is 4. The van der Waals surface area contributed by atoms with Crippen molar-refractivity contribution >= 4 is 0 Å². The Labute approximate surface area is 67.8 Å². The lowest BCUT2D eigenvalue weighted by Crippen LogP contribution is -2.48. The molecule has 66 valence electrons.